The van der Waals surface area contributed by atoms with Gasteiger partial charge in [0.15, 0.2) is 0 Å². The highest BCUT2D eigenvalue weighted by Gasteiger charge is 2.26. The van der Waals surface area contributed by atoms with Gasteiger partial charge in [-0.2, -0.15) is 0 Å². The molecule has 1 fully saturated rings. The molecule has 1 saturated heterocycles. The Morgan fingerprint density at radius 2 is 2.12 bits per heavy atom. The Hall–Kier alpha value is -0.610. The molecule has 1 rings (SSSR count). The molecule has 0 unspecified atom stereocenters. The Kier molecular flexibility index (Phi) is 5.22. The molecule has 1 N–H and O–H groups in total. The topological polar surface area (TPSA) is 49.8 Å². The quantitative estimate of drug-likeness (QED) is 0.778. The summed E-state index contributed by atoms with van der Waals surface area (Å²) in [6.45, 7) is 8.29. The number of carboxylic acids is 1. The fraction of sp³-hybridized carbons (Fsp3) is 0.917. The second-order valence-corrected chi connectivity index (χ2v) is 5.10. The van der Waals surface area contributed by atoms with Crippen molar-refractivity contribution >= 4 is 5.97 Å². The van der Waals surface area contributed by atoms with E-state index >= 15 is 0 Å². The average molecular weight is 229 g/mol. The van der Waals surface area contributed by atoms with E-state index in [1.54, 1.807) is 13.8 Å². The summed E-state index contributed by atoms with van der Waals surface area (Å²) in [6.07, 6.45) is 2.77. The minimum atomic E-state index is -0.702. The van der Waals surface area contributed by atoms with Gasteiger partial charge in [0.05, 0.1) is 12.0 Å². The van der Waals surface area contributed by atoms with Crippen molar-refractivity contribution in [2.24, 2.45) is 5.41 Å². The van der Waals surface area contributed by atoms with Gasteiger partial charge in [0.25, 0.3) is 0 Å². The first-order valence-electron chi connectivity index (χ1n) is 6.06. The minimum absolute atomic E-state index is 0.595. The van der Waals surface area contributed by atoms with Crippen LogP contribution < -0.4 is 0 Å². The van der Waals surface area contributed by atoms with E-state index in [0.717, 1.165) is 52.1 Å². The monoisotopic (exact) mass is 229 g/mol. The molecule has 4 heteroatoms. The summed E-state index contributed by atoms with van der Waals surface area (Å²) in [5, 5.41) is 8.99. The van der Waals surface area contributed by atoms with Crippen LogP contribution in [0.25, 0.3) is 0 Å². The summed E-state index contributed by atoms with van der Waals surface area (Å²) in [5.41, 5.74) is -0.595. The lowest BCUT2D eigenvalue weighted by atomic mass is 9.88. The SMILES string of the molecule is CC(C)(CCCN1CCCOCC1)C(=O)O. The van der Waals surface area contributed by atoms with Crippen LogP contribution in [0, 0.1) is 5.41 Å². The van der Waals surface area contributed by atoms with E-state index in [1.807, 2.05) is 0 Å². The van der Waals surface area contributed by atoms with Crippen molar-refractivity contribution in [1.82, 2.24) is 4.90 Å². The van der Waals surface area contributed by atoms with Crippen molar-refractivity contribution in [3.63, 3.8) is 0 Å². The Morgan fingerprint density at radius 1 is 1.38 bits per heavy atom. The number of carbonyl (C=O) groups is 1. The van der Waals surface area contributed by atoms with Gasteiger partial charge in [0, 0.05) is 19.7 Å². The van der Waals surface area contributed by atoms with E-state index < -0.39 is 11.4 Å². The van der Waals surface area contributed by atoms with Crippen LogP contribution >= 0.6 is 0 Å². The molecule has 4 nitrogen and oxygen atoms in total. The van der Waals surface area contributed by atoms with Crippen LogP contribution in [0.5, 0.6) is 0 Å². The van der Waals surface area contributed by atoms with E-state index in [2.05, 4.69) is 4.90 Å². The third-order valence-electron chi connectivity index (χ3n) is 3.17. The Labute approximate surface area is 97.6 Å². The molecular formula is C12H23NO3. The normalized spacial score (nSPS) is 19.4. The summed E-state index contributed by atoms with van der Waals surface area (Å²) in [5.74, 6) is -0.702. The largest absolute Gasteiger partial charge is 0.481 e. The van der Waals surface area contributed by atoms with Gasteiger partial charge < -0.3 is 14.7 Å². The molecule has 0 spiro atoms. The average Bonchev–Trinajstić information content (AvgIpc) is 2.46. The van der Waals surface area contributed by atoms with Crippen LogP contribution in [0.2, 0.25) is 0 Å². The molecule has 0 amide bonds. The number of hydrogen-bond donors (Lipinski definition) is 1. The van der Waals surface area contributed by atoms with Gasteiger partial charge in [0.1, 0.15) is 0 Å². The smallest absolute Gasteiger partial charge is 0.309 e. The summed E-state index contributed by atoms with van der Waals surface area (Å²) in [6, 6.07) is 0. The number of hydrogen-bond acceptors (Lipinski definition) is 3. The molecule has 0 aromatic carbocycles. The van der Waals surface area contributed by atoms with Crippen molar-refractivity contribution in [2.45, 2.75) is 33.1 Å². The second-order valence-electron chi connectivity index (χ2n) is 5.10. The Bertz CT molecular complexity index is 220. The molecule has 1 aliphatic rings. The molecule has 1 heterocycles. The van der Waals surface area contributed by atoms with Crippen molar-refractivity contribution in [1.29, 1.82) is 0 Å². The summed E-state index contributed by atoms with van der Waals surface area (Å²) >= 11 is 0. The first-order valence-corrected chi connectivity index (χ1v) is 6.06. The maximum absolute atomic E-state index is 10.9. The number of carboxylic acid groups (broad SMARTS) is 1. The summed E-state index contributed by atoms with van der Waals surface area (Å²) in [4.78, 5) is 13.3. The third-order valence-corrected chi connectivity index (χ3v) is 3.17. The fourth-order valence-electron chi connectivity index (χ4n) is 1.87. The molecule has 1 aliphatic heterocycles. The van der Waals surface area contributed by atoms with Crippen molar-refractivity contribution in [3.05, 3.63) is 0 Å². The molecule has 0 atom stereocenters. The molecule has 0 aromatic rings. The maximum Gasteiger partial charge on any atom is 0.309 e. The van der Waals surface area contributed by atoms with Gasteiger partial charge in [0.2, 0.25) is 0 Å². The zero-order valence-corrected chi connectivity index (χ0v) is 10.4. The standard InChI is InChI=1S/C12H23NO3/c1-12(2,11(14)15)5-3-6-13-7-4-9-16-10-8-13/h3-10H2,1-2H3,(H,14,15). The van der Waals surface area contributed by atoms with Crippen LogP contribution in [-0.2, 0) is 9.53 Å². The molecule has 0 bridgehead atoms. The third kappa shape index (κ3) is 4.49. The van der Waals surface area contributed by atoms with E-state index in [-0.39, 0.29) is 0 Å². The lowest BCUT2D eigenvalue weighted by Crippen LogP contribution is -2.30. The van der Waals surface area contributed by atoms with Crippen molar-refractivity contribution < 1.29 is 14.6 Å². The van der Waals surface area contributed by atoms with Crippen molar-refractivity contribution in [3.8, 4) is 0 Å². The number of nitrogens with zero attached hydrogens (tertiary/aromatic N) is 1. The van der Waals surface area contributed by atoms with Gasteiger partial charge in [-0.3, -0.25) is 4.79 Å². The maximum atomic E-state index is 10.9. The van der Waals surface area contributed by atoms with E-state index in [1.165, 1.54) is 0 Å². The van der Waals surface area contributed by atoms with E-state index in [9.17, 15) is 4.79 Å². The first kappa shape index (κ1) is 13.5. The van der Waals surface area contributed by atoms with Gasteiger partial charge in [-0.25, -0.2) is 0 Å². The minimum Gasteiger partial charge on any atom is -0.481 e. The fourth-order valence-corrected chi connectivity index (χ4v) is 1.87. The number of aliphatic carboxylic acids is 1. The molecular weight excluding hydrogens is 206 g/mol. The van der Waals surface area contributed by atoms with Gasteiger partial charge in [-0.1, -0.05) is 0 Å². The van der Waals surface area contributed by atoms with Gasteiger partial charge in [-0.15, -0.1) is 0 Å². The predicted octanol–water partition coefficient (Wildman–Crippen LogP) is 1.60. The summed E-state index contributed by atoms with van der Waals surface area (Å²) in [7, 11) is 0. The molecule has 0 aromatic heterocycles. The van der Waals surface area contributed by atoms with Crippen LogP contribution in [0.1, 0.15) is 33.1 Å². The van der Waals surface area contributed by atoms with E-state index in [4.69, 9.17) is 9.84 Å². The van der Waals surface area contributed by atoms with E-state index in [0.29, 0.717) is 0 Å². The van der Waals surface area contributed by atoms with Gasteiger partial charge >= 0.3 is 5.97 Å². The molecule has 0 saturated carbocycles. The highest BCUT2D eigenvalue weighted by atomic mass is 16.5. The zero-order valence-electron chi connectivity index (χ0n) is 10.4. The van der Waals surface area contributed by atoms with Crippen LogP contribution in [-0.4, -0.2) is 48.8 Å². The lowest BCUT2D eigenvalue weighted by molar-refractivity contribution is -0.147. The Balaban J connectivity index is 2.21. The predicted molar refractivity (Wildman–Crippen MR) is 62.5 cm³/mol. The molecule has 0 aliphatic carbocycles. The second kappa shape index (κ2) is 6.21. The Morgan fingerprint density at radius 3 is 2.81 bits per heavy atom. The molecule has 94 valence electrons. The highest BCUT2D eigenvalue weighted by Crippen LogP contribution is 2.22. The van der Waals surface area contributed by atoms with Crippen molar-refractivity contribution in [2.75, 3.05) is 32.8 Å². The van der Waals surface area contributed by atoms with Crippen LogP contribution in [0.4, 0.5) is 0 Å². The number of rotatable bonds is 5. The molecule has 16 heavy (non-hydrogen) atoms. The summed E-state index contributed by atoms with van der Waals surface area (Å²) < 4.78 is 5.37. The highest BCUT2D eigenvalue weighted by molar-refractivity contribution is 5.73. The van der Waals surface area contributed by atoms with Crippen LogP contribution in [0.15, 0.2) is 0 Å². The van der Waals surface area contributed by atoms with Crippen LogP contribution in [0.3, 0.4) is 0 Å². The number of ether oxygens (including phenoxy) is 1. The van der Waals surface area contributed by atoms with Gasteiger partial charge in [-0.05, 0) is 39.7 Å². The zero-order chi connectivity index (χ0) is 12.0. The first-order chi connectivity index (χ1) is 7.52. The molecule has 0 radical (unpaired) electrons. The lowest BCUT2D eigenvalue weighted by Gasteiger charge is -2.23.